The SMILES string of the molecule is C[Si](C)(C)OC(=O)C1CCNCC1. The van der Waals surface area contributed by atoms with Gasteiger partial charge in [0.25, 0.3) is 5.97 Å². The van der Waals surface area contributed by atoms with Gasteiger partial charge in [-0.3, -0.25) is 4.79 Å². The van der Waals surface area contributed by atoms with E-state index in [2.05, 4.69) is 5.32 Å². The summed E-state index contributed by atoms with van der Waals surface area (Å²) in [6, 6.07) is 0. The normalized spacial score (nSPS) is 19.9. The minimum atomic E-state index is -1.67. The summed E-state index contributed by atoms with van der Waals surface area (Å²) in [7, 11) is -1.67. The summed E-state index contributed by atoms with van der Waals surface area (Å²) >= 11 is 0. The lowest BCUT2D eigenvalue weighted by Crippen LogP contribution is -2.37. The van der Waals surface area contributed by atoms with Gasteiger partial charge in [0.2, 0.25) is 8.32 Å². The monoisotopic (exact) mass is 201 g/mol. The maximum absolute atomic E-state index is 11.6. The first-order chi connectivity index (χ1) is 5.99. The molecule has 1 N–H and O–H groups in total. The van der Waals surface area contributed by atoms with Gasteiger partial charge in [-0.05, 0) is 45.6 Å². The summed E-state index contributed by atoms with van der Waals surface area (Å²) in [6.45, 7) is 8.04. The van der Waals surface area contributed by atoms with Crippen LogP contribution < -0.4 is 5.32 Å². The van der Waals surface area contributed by atoms with Crippen LogP contribution in [0.25, 0.3) is 0 Å². The first-order valence-corrected chi connectivity index (χ1v) is 8.33. The topological polar surface area (TPSA) is 38.3 Å². The molecule has 0 saturated carbocycles. The first-order valence-electron chi connectivity index (χ1n) is 4.92. The number of rotatable bonds is 2. The number of carbonyl (C=O) groups is 1. The van der Waals surface area contributed by atoms with Crippen LogP contribution in [-0.4, -0.2) is 27.4 Å². The van der Waals surface area contributed by atoms with E-state index in [1.165, 1.54) is 0 Å². The Balaban J connectivity index is 2.38. The largest absolute Gasteiger partial charge is 0.520 e. The molecule has 1 aliphatic rings. The number of carbonyl (C=O) groups excluding carboxylic acids is 1. The van der Waals surface area contributed by atoms with Gasteiger partial charge >= 0.3 is 0 Å². The van der Waals surface area contributed by atoms with Crippen molar-refractivity contribution in [2.75, 3.05) is 13.1 Å². The zero-order chi connectivity index (χ0) is 9.90. The maximum atomic E-state index is 11.6. The fraction of sp³-hybridized carbons (Fsp3) is 0.889. The summed E-state index contributed by atoms with van der Waals surface area (Å²) in [5.41, 5.74) is 0. The Bertz CT molecular complexity index is 183. The molecule has 1 saturated heterocycles. The molecule has 0 radical (unpaired) electrons. The van der Waals surface area contributed by atoms with Gasteiger partial charge in [0.15, 0.2) is 0 Å². The average Bonchev–Trinajstić information content (AvgIpc) is 2.03. The molecule has 13 heavy (non-hydrogen) atoms. The minimum Gasteiger partial charge on any atom is -0.520 e. The van der Waals surface area contributed by atoms with E-state index < -0.39 is 8.32 Å². The van der Waals surface area contributed by atoms with Crippen LogP contribution in [0.4, 0.5) is 0 Å². The fourth-order valence-corrected chi connectivity index (χ4v) is 2.21. The molecule has 1 rings (SSSR count). The molecule has 76 valence electrons. The summed E-state index contributed by atoms with van der Waals surface area (Å²) < 4.78 is 5.45. The van der Waals surface area contributed by atoms with E-state index in [1.54, 1.807) is 0 Å². The van der Waals surface area contributed by atoms with Crippen molar-refractivity contribution in [3.05, 3.63) is 0 Å². The highest BCUT2D eigenvalue weighted by Gasteiger charge is 2.27. The molecular weight excluding hydrogens is 182 g/mol. The van der Waals surface area contributed by atoms with Crippen molar-refractivity contribution in [2.45, 2.75) is 32.5 Å². The quantitative estimate of drug-likeness (QED) is 0.686. The predicted octanol–water partition coefficient (Wildman–Crippen LogP) is 1.36. The molecule has 1 aliphatic heterocycles. The highest BCUT2D eigenvalue weighted by Crippen LogP contribution is 2.16. The summed E-state index contributed by atoms with van der Waals surface area (Å²) in [5, 5.41) is 3.24. The number of hydrogen-bond acceptors (Lipinski definition) is 3. The molecular formula is C9H19NO2Si. The highest BCUT2D eigenvalue weighted by molar-refractivity contribution is 6.71. The van der Waals surface area contributed by atoms with Crippen molar-refractivity contribution in [1.29, 1.82) is 0 Å². The van der Waals surface area contributed by atoms with Crippen molar-refractivity contribution in [3.63, 3.8) is 0 Å². The van der Waals surface area contributed by atoms with Crippen LogP contribution in [0.5, 0.6) is 0 Å². The number of nitrogens with one attached hydrogen (secondary N) is 1. The maximum Gasteiger partial charge on any atom is 0.295 e. The van der Waals surface area contributed by atoms with E-state index in [-0.39, 0.29) is 11.9 Å². The Kier molecular flexibility index (Phi) is 3.50. The van der Waals surface area contributed by atoms with E-state index in [1.807, 2.05) is 19.6 Å². The van der Waals surface area contributed by atoms with Crippen molar-refractivity contribution in [3.8, 4) is 0 Å². The summed E-state index contributed by atoms with van der Waals surface area (Å²) in [6.07, 6.45) is 1.87. The Labute approximate surface area is 81.0 Å². The highest BCUT2D eigenvalue weighted by atomic mass is 28.4. The molecule has 0 spiro atoms. The molecule has 0 aromatic heterocycles. The van der Waals surface area contributed by atoms with Gasteiger partial charge in [0, 0.05) is 0 Å². The van der Waals surface area contributed by atoms with Crippen LogP contribution in [-0.2, 0) is 9.22 Å². The third-order valence-electron chi connectivity index (χ3n) is 2.08. The van der Waals surface area contributed by atoms with E-state index in [4.69, 9.17) is 4.43 Å². The lowest BCUT2D eigenvalue weighted by Gasteiger charge is -2.25. The number of hydrogen-bond donors (Lipinski definition) is 1. The molecule has 0 atom stereocenters. The lowest BCUT2D eigenvalue weighted by atomic mass is 9.99. The second kappa shape index (κ2) is 4.24. The molecule has 0 amide bonds. The van der Waals surface area contributed by atoms with Crippen molar-refractivity contribution in [1.82, 2.24) is 5.32 Å². The second-order valence-corrected chi connectivity index (χ2v) is 8.99. The fourth-order valence-electron chi connectivity index (χ4n) is 1.44. The van der Waals surface area contributed by atoms with Gasteiger partial charge in [-0.25, -0.2) is 0 Å². The first kappa shape index (κ1) is 10.7. The zero-order valence-electron chi connectivity index (χ0n) is 8.72. The third-order valence-corrected chi connectivity index (χ3v) is 2.89. The van der Waals surface area contributed by atoms with E-state index >= 15 is 0 Å². The van der Waals surface area contributed by atoms with Crippen LogP contribution in [0.3, 0.4) is 0 Å². The van der Waals surface area contributed by atoms with Crippen LogP contribution in [0.15, 0.2) is 0 Å². The molecule has 1 heterocycles. The Morgan fingerprint density at radius 3 is 2.31 bits per heavy atom. The standard InChI is InChI=1S/C9H19NO2Si/c1-13(2,3)12-9(11)8-4-6-10-7-5-8/h8,10H,4-7H2,1-3H3. The van der Waals surface area contributed by atoms with Crippen LogP contribution in [0.1, 0.15) is 12.8 Å². The Hall–Kier alpha value is -0.353. The third kappa shape index (κ3) is 3.91. The number of piperidine rings is 1. The van der Waals surface area contributed by atoms with Crippen LogP contribution in [0, 0.1) is 5.92 Å². The van der Waals surface area contributed by atoms with Crippen molar-refractivity contribution < 1.29 is 9.22 Å². The smallest absolute Gasteiger partial charge is 0.295 e. The van der Waals surface area contributed by atoms with E-state index in [0.717, 1.165) is 25.9 Å². The van der Waals surface area contributed by atoms with Crippen LogP contribution in [0.2, 0.25) is 19.6 Å². The van der Waals surface area contributed by atoms with E-state index in [0.29, 0.717) is 0 Å². The summed E-state index contributed by atoms with van der Waals surface area (Å²) in [5.74, 6) is 0.175. The molecule has 0 aromatic rings. The van der Waals surface area contributed by atoms with Gasteiger partial charge in [-0.2, -0.15) is 0 Å². The molecule has 4 heteroatoms. The minimum absolute atomic E-state index is 0.0284. The zero-order valence-corrected chi connectivity index (χ0v) is 9.72. The molecule has 1 fully saturated rings. The van der Waals surface area contributed by atoms with Crippen LogP contribution >= 0.6 is 0 Å². The van der Waals surface area contributed by atoms with Crippen molar-refractivity contribution in [2.24, 2.45) is 5.92 Å². The molecule has 0 aromatic carbocycles. The Morgan fingerprint density at radius 1 is 1.31 bits per heavy atom. The van der Waals surface area contributed by atoms with Gasteiger partial charge in [0.1, 0.15) is 0 Å². The second-order valence-electron chi connectivity index (χ2n) is 4.56. The molecule has 0 aliphatic carbocycles. The van der Waals surface area contributed by atoms with E-state index in [9.17, 15) is 4.79 Å². The van der Waals surface area contributed by atoms with Gasteiger partial charge in [-0.15, -0.1) is 0 Å². The Morgan fingerprint density at radius 2 is 1.85 bits per heavy atom. The molecule has 3 nitrogen and oxygen atoms in total. The van der Waals surface area contributed by atoms with Gasteiger partial charge in [-0.1, -0.05) is 0 Å². The van der Waals surface area contributed by atoms with Gasteiger partial charge in [0.05, 0.1) is 5.92 Å². The molecule has 0 bridgehead atoms. The van der Waals surface area contributed by atoms with Crippen molar-refractivity contribution >= 4 is 14.3 Å². The lowest BCUT2D eigenvalue weighted by molar-refractivity contribution is -0.140. The predicted molar refractivity (Wildman–Crippen MR) is 55.0 cm³/mol. The average molecular weight is 201 g/mol. The van der Waals surface area contributed by atoms with Gasteiger partial charge < -0.3 is 9.74 Å². The summed E-state index contributed by atoms with van der Waals surface area (Å²) in [4.78, 5) is 11.6. The molecule has 0 unspecified atom stereocenters.